The lowest BCUT2D eigenvalue weighted by atomic mass is 10.1. The van der Waals surface area contributed by atoms with Gasteiger partial charge in [-0.3, -0.25) is 0 Å². The number of alkyl halides is 5. The van der Waals surface area contributed by atoms with Crippen LogP contribution >= 0.6 is 11.8 Å². The van der Waals surface area contributed by atoms with Crippen molar-refractivity contribution >= 4 is 11.8 Å². The Hall–Kier alpha value is -0.0000000000000000555. The van der Waals surface area contributed by atoms with Gasteiger partial charge in [0.05, 0.1) is 5.92 Å². The number of thioether (sulfide) groups is 1. The molecular weight excluding hydrogens is 187 g/mol. The van der Waals surface area contributed by atoms with Crippen LogP contribution < -0.4 is 0 Å². The topological polar surface area (TPSA) is 0 Å². The monoisotopic (exact) mass is 192 g/mol. The molecule has 2 unspecified atom stereocenters. The Morgan fingerprint density at radius 2 is 1.91 bits per heavy atom. The lowest BCUT2D eigenvalue weighted by Crippen LogP contribution is -2.25. The summed E-state index contributed by atoms with van der Waals surface area (Å²) in [6.45, 7) is 0. The SMILES string of the molecule is FC1CC(C(F)F)C(F)(F)S1. The summed E-state index contributed by atoms with van der Waals surface area (Å²) in [6.07, 6.45) is -3.90. The predicted molar refractivity (Wildman–Crippen MR) is 31.5 cm³/mol. The maximum atomic E-state index is 12.4. The van der Waals surface area contributed by atoms with Crippen LogP contribution in [0.3, 0.4) is 0 Å². The molecule has 0 N–H and O–H groups in total. The van der Waals surface area contributed by atoms with E-state index in [1.807, 2.05) is 0 Å². The van der Waals surface area contributed by atoms with E-state index in [1.54, 1.807) is 0 Å². The summed E-state index contributed by atoms with van der Waals surface area (Å²) in [6, 6.07) is 0. The van der Waals surface area contributed by atoms with Gasteiger partial charge in [-0.05, 0) is 0 Å². The second-order valence-corrected chi connectivity index (χ2v) is 3.56. The van der Waals surface area contributed by atoms with E-state index >= 15 is 0 Å². The van der Waals surface area contributed by atoms with Crippen LogP contribution in [0.25, 0.3) is 0 Å². The van der Waals surface area contributed by atoms with Gasteiger partial charge in [-0.2, -0.15) is 8.78 Å². The van der Waals surface area contributed by atoms with Gasteiger partial charge < -0.3 is 0 Å². The quantitative estimate of drug-likeness (QED) is 0.575. The summed E-state index contributed by atoms with van der Waals surface area (Å²) in [5.41, 5.74) is -1.86. The van der Waals surface area contributed by atoms with E-state index in [-0.39, 0.29) is 11.8 Å². The highest BCUT2D eigenvalue weighted by atomic mass is 32.2. The third kappa shape index (κ3) is 1.77. The zero-order chi connectivity index (χ0) is 8.65. The van der Waals surface area contributed by atoms with E-state index in [9.17, 15) is 22.0 Å². The van der Waals surface area contributed by atoms with Gasteiger partial charge in [0, 0.05) is 6.42 Å². The van der Waals surface area contributed by atoms with Crippen molar-refractivity contribution in [3.8, 4) is 0 Å². The first-order valence-electron chi connectivity index (χ1n) is 2.91. The van der Waals surface area contributed by atoms with Gasteiger partial charge in [0.15, 0.2) is 5.50 Å². The first kappa shape index (κ1) is 9.09. The van der Waals surface area contributed by atoms with E-state index in [0.29, 0.717) is 0 Å². The Kier molecular flexibility index (Phi) is 2.32. The molecule has 1 heterocycles. The predicted octanol–water partition coefficient (Wildman–Crippen LogP) is 2.89. The number of halogens is 5. The molecule has 0 aliphatic carbocycles. The molecule has 0 aromatic carbocycles. The Balaban J connectivity index is 2.66. The van der Waals surface area contributed by atoms with Crippen LogP contribution in [0.15, 0.2) is 0 Å². The highest BCUT2D eigenvalue weighted by molar-refractivity contribution is 8.01. The van der Waals surface area contributed by atoms with Gasteiger partial charge in [-0.1, -0.05) is 11.8 Å². The van der Waals surface area contributed by atoms with Crippen molar-refractivity contribution in [3.05, 3.63) is 0 Å². The fourth-order valence-electron chi connectivity index (χ4n) is 0.892. The summed E-state index contributed by atoms with van der Waals surface area (Å²) in [5, 5.41) is -3.60. The maximum absolute atomic E-state index is 12.4. The van der Waals surface area contributed by atoms with Gasteiger partial charge in [0.2, 0.25) is 6.43 Å². The molecule has 0 saturated carbocycles. The molecule has 0 radical (unpaired) electrons. The molecule has 2 atom stereocenters. The van der Waals surface area contributed by atoms with Crippen LogP contribution in [0, 0.1) is 5.92 Å². The molecule has 0 amide bonds. The third-order valence-electron chi connectivity index (χ3n) is 1.46. The van der Waals surface area contributed by atoms with E-state index in [0.717, 1.165) is 0 Å². The van der Waals surface area contributed by atoms with Crippen LogP contribution in [0.1, 0.15) is 6.42 Å². The molecule has 0 aromatic rings. The lowest BCUT2D eigenvalue weighted by molar-refractivity contribution is -0.0462. The van der Waals surface area contributed by atoms with Crippen LogP contribution in [-0.4, -0.2) is 17.2 Å². The smallest absolute Gasteiger partial charge is 0.235 e. The Bertz CT molecular complexity index is 148. The molecule has 0 bridgehead atoms. The highest BCUT2D eigenvalue weighted by Gasteiger charge is 2.54. The lowest BCUT2D eigenvalue weighted by Gasteiger charge is -2.15. The van der Waals surface area contributed by atoms with Gasteiger partial charge in [0.1, 0.15) is 0 Å². The first-order chi connectivity index (χ1) is 4.93. The van der Waals surface area contributed by atoms with E-state index in [1.165, 1.54) is 0 Å². The fourth-order valence-corrected chi connectivity index (χ4v) is 1.91. The van der Waals surface area contributed by atoms with Crippen molar-refractivity contribution in [3.63, 3.8) is 0 Å². The second kappa shape index (κ2) is 2.80. The molecule has 1 aliphatic rings. The third-order valence-corrected chi connectivity index (χ3v) is 2.53. The van der Waals surface area contributed by atoms with Crippen LogP contribution in [0.4, 0.5) is 22.0 Å². The van der Waals surface area contributed by atoms with Gasteiger partial charge >= 0.3 is 5.25 Å². The summed E-state index contributed by atoms with van der Waals surface area (Å²) in [4.78, 5) is 0. The molecule has 0 aromatic heterocycles. The standard InChI is InChI=1S/C5H5F5S/c6-3-1-2(4(7)8)5(9,10)11-3/h2-4H,1H2. The Morgan fingerprint density at radius 3 is 2.09 bits per heavy atom. The van der Waals surface area contributed by atoms with Crippen molar-refractivity contribution in [2.24, 2.45) is 5.92 Å². The van der Waals surface area contributed by atoms with Gasteiger partial charge in [-0.25, -0.2) is 13.2 Å². The van der Waals surface area contributed by atoms with Crippen molar-refractivity contribution in [2.45, 2.75) is 23.6 Å². The molecule has 0 nitrogen and oxygen atoms in total. The van der Waals surface area contributed by atoms with Crippen molar-refractivity contribution in [1.29, 1.82) is 0 Å². The average molecular weight is 192 g/mol. The number of hydrogen-bond acceptors (Lipinski definition) is 1. The number of hydrogen-bond donors (Lipinski definition) is 0. The summed E-state index contributed by atoms with van der Waals surface area (Å²) < 4.78 is 60.4. The minimum atomic E-state index is -3.60. The molecule has 0 spiro atoms. The second-order valence-electron chi connectivity index (χ2n) is 2.27. The zero-order valence-electron chi connectivity index (χ0n) is 5.24. The molecule has 1 aliphatic heterocycles. The van der Waals surface area contributed by atoms with Crippen molar-refractivity contribution in [1.82, 2.24) is 0 Å². The highest BCUT2D eigenvalue weighted by Crippen LogP contribution is 2.52. The molecular formula is C5H5F5S. The number of rotatable bonds is 1. The molecule has 1 fully saturated rings. The van der Waals surface area contributed by atoms with E-state index < -0.39 is 29.5 Å². The molecule has 6 heteroatoms. The van der Waals surface area contributed by atoms with Gasteiger partial charge in [0.25, 0.3) is 0 Å². The van der Waals surface area contributed by atoms with Crippen LogP contribution in [0.2, 0.25) is 0 Å². The molecule has 66 valence electrons. The normalized spacial score (nSPS) is 36.5. The van der Waals surface area contributed by atoms with E-state index in [4.69, 9.17) is 0 Å². The minimum Gasteiger partial charge on any atom is -0.235 e. The van der Waals surface area contributed by atoms with Crippen LogP contribution in [0.5, 0.6) is 0 Å². The van der Waals surface area contributed by atoms with E-state index in [2.05, 4.69) is 0 Å². The van der Waals surface area contributed by atoms with Crippen LogP contribution in [-0.2, 0) is 0 Å². The summed E-state index contributed by atoms with van der Waals surface area (Å²) >= 11 is -0.321. The molecule has 1 rings (SSSR count). The van der Waals surface area contributed by atoms with Crippen molar-refractivity contribution < 1.29 is 22.0 Å². The van der Waals surface area contributed by atoms with Crippen molar-refractivity contribution in [2.75, 3.05) is 0 Å². The fraction of sp³-hybridized carbons (Fsp3) is 1.00. The Morgan fingerprint density at radius 1 is 1.36 bits per heavy atom. The molecule has 1 saturated heterocycles. The molecule has 11 heavy (non-hydrogen) atoms. The average Bonchev–Trinajstić information content (AvgIpc) is 2.04. The largest absolute Gasteiger partial charge is 0.304 e. The van der Waals surface area contributed by atoms with Gasteiger partial charge in [-0.15, -0.1) is 0 Å². The summed E-state index contributed by atoms with van der Waals surface area (Å²) in [5.74, 6) is -2.12. The minimum absolute atomic E-state index is 0.321. The first-order valence-corrected chi connectivity index (χ1v) is 3.79. The zero-order valence-corrected chi connectivity index (χ0v) is 6.05. The Labute approximate surface area is 64.1 Å². The summed E-state index contributed by atoms with van der Waals surface area (Å²) in [7, 11) is 0. The maximum Gasteiger partial charge on any atom is 0.304 e.